The molecule has 0 aliphatic carbocycles. The van der Waals surface area contributed by atoms with Crippen molar-refractivity contribution in [3.8, 4) is 11.5 Å². The molecule has 2 amide bonds. The molecule has 0 bridgehead atoms. The Morgan fingerprint density at radius 1 is 1.06 bits per heavy atom. The standard InChI is InChI=1S/C24H21BrClN3O4/c1-15-3-9-19(12-20(15)26)28-23(30)14-33-21-10-4-16(11-22(21)32-2)13-27-29-24(31)17-5-7-18(25)8-6-17/h3-13H,14H2,1-2H3,(H,28,30)(H,29,31)/b27-13+. The number of nitrogens with one attached hydrogen (secondary N) is 2. The van der Waals surface area contributed by atoms with Gasteiger partial charge in [0, 0.05) is 20.7 Å². The summed E-state index contributed by atoms with van der Waals surface area (Å²) in [4.78, 5) is 24.3. The summed E-state index contributed by atoms with van der Waals surface area (Å²) in [6.45, 7) is 1.67. The summed E-state index contributed by atoms with van der Waals surface area (Å²) in [6.07, 6.45) is 1.48. The predicted octanol–water partition coefficient (Wildman–Crippen LogP) is 5.20. The Morgan fingerprint density at radius 3 is 2.52 bits per heavy atom. The van der Waals surface area contributed by atoms with E-state index in [0.717, 1.165) is 10.0 Å². The van der Waals surface area contributed by atoms with Gasteiger partial charge in [-0.3, -0.25) is 9.59 Å². The number of halogens is 2. The molecule has 33 heavy (non-hydrogen) atoms. The van der Waals surface area contributed by atoms with Crippen LogP contribution < -0.4 is 20.2 Å². The minimum Gasteiger partial charge on any atom is -0.493 e. The number of hydrazone groups is 1. The topological polar surface area (TPSA) is 89.0 Å². The Hall–Kier alpha value is -3.36. The number of amides is 2. The van der Waals surface area contributed by atoms with Gasteiger partial charge in [-0.15, -0.1) is 0 Å². The van der Waals surface area contributed by atoms with Gasteiger partial charge in [0.2, 0.25) is 0 Å². The molecule has 0 aliphatic rings. The molecular weight excluding hydrogens is 510 g/mol. The van der Waals surface area contributed by atoms with E-state index in [1.807, 2.05) is 13.0 Å². The second-order valence-electron chi connectivity index (χ2n) is 6.92. The molecule has 0 saturated heterocycles. The van der Waals surface area contributed by atoms with E-state index in [-0.39, 0.29) is 18.4 Å². The highest BCUT2D eigenvalue weighted by Crippen LogP contribution is 2.27. The molecule has 0 radical (unpaired) electrons. The largest absolute Gasteiger partial charge is 0.493 e. The normalized spacial score (nSPS) is 10.7. The van der Waals surface area contributed by atoms with Gasteiger partial charge in [0.1, 0.15) is 0 Å². The third-order valence-corrected chi connectivity index (χ3v) is 5.42. The maximum atomic E-state index is 12.2. The van der Waals surface area contributed by atoms with Gasteiger partial charge < -0.3 is 14.8 Å². The highest BCUT2D eigenvalue weighted by Gasteiger charge is 2.10. The Labute approximate surface area is 204 Å². The van der Waals surface area contributed by atoms with Gasteiger partial charge in [0.25, 0.3) is 11.8 Å². The number of anilines is 1. The van der Waals surface area contributed by atoms with E-state index in [9.17, 15) is 9.59 Å². The lowest BCUT2D eigenvalue weighted by atomic mass is 10.2. The van der Waals surface area contributed by atoms with Gasteiger partial charge in [-0.05, 0) is 72.6 Å². The van der Waals surface area contributed by atoms with Crippen molar-refractivity contribution in [2.45, 2.75) is 6.92 Å². The number of benzene rings is 3. The summed E-state index contributed by atoms with van der Waals surface area (Å²) in [5.41, 5.74) is 5.14. The minimum atomic E-state index is -0.335. The van der Waals surface area contributed by atoms with Crippen molar-refractivity contribution < 1.29 is 19.1 Å². The zero-order chi connectivity index (χ0) is 23.8. The van der Waals surface area contributed by atoms with Crippen molar-refractivity contribution in [2.24, 2.45) is 5.10 Å². The molecule has 0 unspecified atom stereocenters. The lowest BCUT2D eigenvalue weighted by molar-refractivity contribution is -0.118. The molecule has 0 heterocycles. The van der Waals surface area contributed by atoms with Crippen molar-refractivity contribution in [3.63, 3.8) is 0 Å². The van der Waals surface area contributed by atoms with Crippen LogP contribution in [0.4, 0.5) is 5.69 Å². The van der Waals surface area contributed by atoms with E-state index < -0.39 is 0 Å². The first-order valence-electron chi connectivity index (χ1n) is 9.81. The van der Waals surface area contributed by atoms with Gasteiger partial charge in [-0.1, -0.05) is 33.6 Å². The smallest absolute Gasteiger partial charge is 0.271 e. The molecule has 0 aromatic heterocycles. The van der Waals surface area contributed by atoms with E-state index in [1.54, 1.807) is 54.6 Å². The van der Waals surface area contributed by atoms with Crippen LogP contribution in [0.15, 0.2) is 70.2 Å². The molecule has 0 atom stereocenters. The molecule has 3 aromatic carbocycles. The van der Waals surface area contributed by atoms with Crippen LogP contribution in [0, 0.1) is 6.92 Å². The number of carbonyl (C=O) groups excluding carboxylic acids is 2. The van der Waals surface area contributed by atoms with Crippen molar-refractivity contribution in [1.29, 1.82) is 0 Å². The fraction of sp³-hybridized carbons (Fsp3) is 0.125. The van der Waals surface area contributed by atoms with Gasteiger partial charge in [-0.2, -0.15) is 5.10 Å². The van der Waals surface area contributed by atoms with Crippen LogP contribution in [-0.4, -0.2) is 31.7 Å². The van der Waals surface area contributed by atoms with Gasteiger partial charge in [-0.25, -0.2) is 5.43 Å². The fourth-order valence-electron chi connectivity index (χ4n) is 2.73. The first kappa shape index (κ1) is 24.3. The van der Waals surface area contributed by atoms with Gasteiger partial charge >= 0.3 is 0 Å². The summed E-state index contributed by atoms with van der Waals surface area (Å²) in [6, 6.07) is 17.3. The molecule has 7 nitrogen and oxygen atoms in total. The highest BCUT2D eigenvalue weighted by molar-refractivity contribution is 9.10. The number of ether oxygens (including phenoxy) is 2. The lowest BCUT2D eigenvalue weighted by Crippen LogP contribution is -2.20. The van der Waals surface area contributed by atoms with E-state index in [2.05, 4.69) is 31.8 Å². The van der Waals surface area contributed by atoms with E-state index >= 15 is 0 Å². The van der Waals surface area contributed by atoms with E-state index in [1.165, 1.54) is 13.3 Å². The predicted molar refractivity (Wildman–Crippen MR) is 133 cm³/mol. The van der Waals surface area contributed by atoms with Crippen molar-refractivity contribution >= 4 is 51.2 Å². The molecule has 3 rings (SSSR count). The van der Waals surface area contributed by atoms with Crippen LogP contribution in [-0.2, 0) is 4.79 Å². The Morgan fingerprint density at radius 2 is 1.82 bits per heavy atom. The van der Waals surface area contributed by atoms with Crippen LogP contribution in [0.25, 0.3) is 0 Å². The van der Waals surface area contributed by atoms with Crippen LogP contribution in [0.3, 0.4) is 0 Å². The van der Waals surface area contributed by atoms with Crippen molar-refractivity contribution in [1.82, 2.24) is 5.43 Å². The number of methoxy groups -OCH3 is 1. The van der Waals surface area contributed by atoms with Crippen molar-refractivity contribution in [3.05, 3.63) is 86.8 Å². The number of nitrogens with zero attached hydrogens (tertiary/aromatic N) is 1. The van der Waals surface area contributed by atoms with Crippen LogP contribution in [0.1, 0.15) is 21.5 Å². The SMILES string of the molecule is COc1cc(/C=N/NC(=O)c2ccc(Br)cc2)ccc1OCC(=O)Nc1ccc(C)c(Cl)c1. The summed E-state index contributed by atoms with van der Waals surface area (Å²) < 4.78 is 11.8. The second kappa shape index (κ2) is 11.5. The maximum Gasteiger partial charge on any atom is 0.271 e. The van der Waals surface area contributed by atoms with Gasteiger partial charge in [0.15, 0.2) is 18.1 Å². The summed E-state index contributed by atoms with van der Waals surface area (Å²) in [5.74, 6) is 0.153. The van der Waals surface area contributed by atoms with Crippen molar-refractivity contribution in [2.75, 3.05) is 19.0 Å². The summed E-state index contributed by atoms with van der Waals surface area (Å²) in [5, 5.41) is 7.27. The number of hydrogen-bond donors (Lipinski definition) is 2. The molecule has 0 saturated carbocycles. The lowest BCUT2D eigenvalue weighted by Gasteiger charge is -2.12. The number of carbonyl (C=O) groups is 2. The summed E-state index contributed by atoms with van der Waals surface area (Å²) >= 11 is 9.41. The molecule has 0 aliphatic heterocycles. The zero-order valence-corrected chi connectivity index (χ0v) is 20.2. The van der Waals surface area contributed by atoms with Gasteiger partial charge in [0.05, 0.1) is 13.3 Å². The van der Waals surface area contributed by atoms with Crippen LogP contribution >= 0.6 is 27.5 Å². The third kappa shape index (κ3) is 7.06. The number of aryl methyl sites for hydroxylation is 1. The quantitative estimate of drug-likeness (QED) is 0.309. The first-order chi connectivity index (χ1) is 15.9. The average Bonchev–Trinajstić information content (AvgIpc) is 2.80. The van der Waals surface area contributed by atoms with Crippen LogP contribution in [0.2, 0.25) is 5.02 Å². The molecule has 170 valence electrons. The molecule has 9 heteroatoms. The monoisotopic (exact) mass is 529 g/mol. The molecule has 3 aromatic rings. The van der Waals surface area contributed by atoms with E-state index in [0.29, 0.717) is 33.3 Å². The Balaban J connectivity index is 1.56. The molecular formula is C24H21BrClN3O4. The molecule has 2 N–H and O–H groups in total. The number of hydrogen-bond acceptors (Lipinski definition) is 5. The minimum absolute atomic E-state index is 0.210. The second-order valence-corrected chi connectivity index (χ2v) is 8.24. The van der Waals surface area contributed by atoms with Crippen LogP contribution in [0.5, 0.6) is 11.5 Å². The third-order valence-electron chi connectivity index (χ3n) is 4.49. The summed E-state index contributed by atoms with van der Waals surface area (Å²) in [7, 11) is 1.49. The molecule has 0 fully saturated rings. The average molecular weight is 531 g/mol. The first-order valence-corrected chi connectivity index (χ1v) is 11.0. The van der Waals surface area contributed by atoms with E-state index in [4.69, 9.17) is 21.1 Å². The zero-order valence-electron chi connectivity index (χ0n) is 17.9. The number of rotatable bonds is 8. The maximum absolute atomic E-state index is 12.2. The Bertz CT molecular complexity index is 1180. The fourth-order valence-corrected chi connectivity index (χ4v) is 3.17. The highest BCUT2D eigenvalue weighted by atomic mass is 79.9. The Kier molecular flexibility index (Phi) is 8.46. The molecule has 0 spiro atoms.